The van der Waals surface area contributed by atoms with E-state index in [2.05, 4.69) is 4.98 Å². The van der Waals surface area contributed by atoms with E-state index in [1.807, 2.05) is 0 Å². The number of aromatic nitrogens is 1. The van der Waals surface area contributed by atoms with E-state index in [1.54, 1.807) is 6.07 Å². The Morgan fingerprint density at radius 1 is 1.30 bits per heavy atom. The van der Waals surface area contributed by atoms with Crippen LogP contribution in [0.4, 0.5) is 14.5 Å². The molecule has 23 heavy (non-hydrogen) atoms. The molecule has 0 N–H and O–H groups in total. The number of para-hydroxylation sites is 1. The number of thioether (sulfide) groups is 1. The number of rotatable bonds is 6. The predicted molar refractivity (Wildman–Crippen MR) is 78.3 cm³/mol. The molecule has 0 aliphatic carbocycles. The first-order valence-corrected chi connectivity index (χ1v) is 7.16. The fourth-order valence-electron chi connectivity index (χ4n) is 1.76. The van der Waals surface area contributed by atoms with E-state index in [0.717, 1.165) is 0 Å². The molecule has 1 heterocycles. The third-order valence-electron chi connectivity index (χ3n) is 2.74. The van der Waals surface area contributed by atoms with Crippen molar-refractivity contribution in [2.45, 2.75) is 17.4 Å². The summed E-state index contributed by atoms with van der Waals surface area (Å²) in [6.45, 7) is -0.344. The second kappa shape index (κ2) is 7.63. The van der Waals surface area contributed by atoms with Crippen molar-refractivity contribution in [1.82, 2.24) is 4.98 Å². The number of alkyl halides is 2. The SMILES string of the molecule is O=C(OCc1ccccc1[N+](=O)[O-])c1cccnc1SC(F)F. The first-order chi connectivity index (χ1) is 11.0. The lowest BCUT2D eigenvalue weighted by atomic mass is 10.2. The Labute approximate surface area is 133 Å². The Balaban J connectivity index is 2.13. The van der Waals surface area contributed by atoms with E-state index in [9.17, 15) is 23.7 Å². The lowest BCUT2D eigenvalue weighted by molar-refractivity contribution is -0.385. The molecular weight excluding hydrogens is 330 g/mol. The van der Waals surface area contributed by atoms with Gasteiger partial charge in [-0.25, -0.2) is 9.78 Å². The number of pyridine rings is 1. The van der Waals surface area contributed by atoms with E-state index in [0.29, 0.717) is 0 Å². The van der Waals surface area contributed by atoms with E-state index in [1.165, 1.54) is 36.5 Å². The third kappa shape index (κ3) is 4.46. The largest absolute Gasteiger partial charge is 0.457 e. The summed E-state index contributed by atoms with van der Waals surface area (Å²) in [5.74, 6) is -3.61. The van der Waals surface area contributed by atoms with Crippen LogP contribution >= 0.6 is 11.8 Å². The monoisotopic (exact) mass is 340 g/mol. The number of nitro benzene ring substituents is 1. The molecule has 2 rings (SSSR count). The number of hydrogen-bond donors (Lipinski definition) is 0. The van der Waals surface area contributed by atoms with Gasteiger partial charge in [-0.05, 0) is 30.0 Å². The van der Waals surface area contributed by atoms with Crippen molar-refractivity contribution in [3.63, 3.8) is 0 Å². The minimum atomic E-state index is -2.73. The summed E-state index contributed by atoms with van der Waals surface area (Å²) >= 11 is 0.130. The molecule has 0 radical (unpaired) electrons. The molecule has 120 valence electrons. The minimum Gasteiger partial charge on any atom is -0.457 e. The van der Waals surface area contributed by atoms with Gasteiger partial charge in [-0.15, -0.1) is 0 Å². The van der Waals surface area contributed by atoms with E-state index < -0.39 is 16.7 Å². The molecule has 9 heteroatoms. The third-order valence-corrected chi connectivity index (χ3v) is 3.47. The quantitative estimate of drug-likeness (QED) is 0.345. The molecular formula is C14H10F2N2O4S. The number of nitro groups is 1. The van der Waals surface area contributed by atoms with Gasteiger partial charge < -0.3 is 4.74 Å². The molecule has 2 aromatic rings. The van der Waals surface area contributed by atoms with E-state index >= 15 is 0 Å². The van der Waals surface area contributed by atoms with Gasteiger partial charge in [-0.1, -0.05) is 12.1 Å². The molecule has 0 atom stereocenters. The lowest BCUT2D eigenvalue weighted by Gasteiger charge is -2.08. The maximum atomic E-state index is 12.5. The van der Waals surface area contributed by atoms with E-state index in [4.69, 9.17) is 4.74 Å². The molecule has 1 aromatic heterocycles. The molecule has 0 saturated heterocycles. The van der Waals surface area contributed by atoms with Gasteiger partial charge in [0.15, 0.2) is 0 Å². The molecule has 0 spiro atoms. The summed E-state index contributed by atoms with van der Waals surface area (Å²) < 4.78 is 29.9. The smallest absolute Gasteiger partial charge is 0.341 e. The van der Waals surface area contributed by atoms with Gasteiger partial charge in [0.1, 0.15) is 11.6 Å². The van der Waals surface area contributed by atoms with Crippen molar-refractivity contribution in [1.29, 1.82) is 0 Å². The summed E-state index contributed by atoms with van der Waals surface area (Å²) in [6, 6.07) is 8.51. The van der Waals surface area contributed by atoms with Crippen LogP contribution in [0.25, 0.3) is 0 Å². The van der Waals surface area contributed by atoms with Gasteiger partial charge in [-0.2, -0.15) is 8.78 Å². The molecule has 1 aromatic carbocycles. The van der Waals surface area contributed by atoms with Crippen LogP contribution in [0.5, 0.6) is 0 Å². The number of nitrogens with zero attached hydrogens (tertiary/aromatic N) is 2. The van der Waals surface area contributed by atoms with Crippen LogP contribution in [0.2, 0.25) is 0 Å². The molecule has 0 fully saturated rings. The standard InChI is InChI=1S/C14H10F2N2O4S/c15-14(16)23-12-10(5-3-7-17-12)13(19)22-8-9-4-1-2-6-11(9)18(20)21/h1-7,14H,8H2. The molecule has 0 saturated carbocycles. The second-order valence-corrected chi connectivity index (χ2v) is 5.18. The van der Waals surface area contributed by atoms with Gasteiger partial charge >= 0.3 is 5.97 Å². The van der Waals surface area contributed by atoms with Crippen LogP contribution in [0.3, 0.4) is 0 Å². The van der Waals surface area contributed by atoms with Crippen molar-refractivity contribution < 1.29 is 23.2 Å². The number of benzene rings is 1. The van der Waals surface area contributed by atoms with Crippen molar-refractivity contribution in [2.75, 3.05) is 0 Å². The second-order valence-electron chi connectivity index (χ2n) is 4.20. The summed E-state index contributed by atoms with van der Waals surface area (Å²) in [7, 11) is 0. The van der Waals surface area contributed by atoms with Gasteiger partial charge in [0.25, 0.3) is 11.4 Å². The first-order valence-electron chi connectivity index (χ1n) is 6.28. The number of hydrogen-bond acceptors (Lipinski definition) is 6. The summed E-state index contributed by atoms with van der Waals surface area (Å²) in [6.07, 6.45) is 1.28. The number of esters is 1. The van der Waals surface area contributed by atoms with Crippen molar-refractivity contribution >= 4 is 23.4 Å². The molecule has 0 aliphatic heterocycles. The van der Waals surface area contributed by atoms with Crippen molar-refractivity contribution in [2.24, 2.45) is 0 Å². The average molecular weight is 340 g/mol. The van der Waals surface area contributed by atoms with Crippen LogP contribution in [0.15, 0.2) is 47.6 Å². The Kier molecular flexibility index (Phi) is 5.58. The minimum absolute atomic E-state index is 0.114. The van der Waals surface area contributed by atoms with Crippen LogP contribution in [-0.4, -0.2) is 21.6 Å². The van der Waals surface area contributed by atoms with Crippen LogP contribution < -0.4 is 0 Å². The average Bonchev–Trinajstić information content (AvgIpc) is 2.52. The van der Waals surface area contributed by atoms with Gasteiger partial charge in [0, 0.05) is 12.3 Å². The molecule has 0 aliphatic rings. The number of carbonyl (C=O) groups excluding carboxylic acids is 1. The van der Waals surface area contributed by atoms with Crippen LogP contribution in [-0.2, 0) is 11.3 Å². The maximum Gasteiger partial charge on any atom is 0.341 e. The van der Waals surface area contributed by atoms with Crippen LogP contribution in [0, 0.1) is 10.1 Å². The highest BCUT2D eigenvalue weighted by Crippen LogP contribution is 2.27. The summed E-state index contributed by atoms with van der Waals surface area (Å²) in [4.78, 5) is 26.0. The summed E-state index contributed by atoms with van der Waals surface area (Å²) in [5, 5.41) is 10.7. The Hall–Kier alpha value is -2.55. The fraction of sp³-hybridized carbons (Fsp3) is 0.143. The first kappa shape index (κ1) is 16.8. The Bertz CT molecular complexity index is 727. The molecule has 0 bridgehead atoms. The highest BCUT2D eigenvalue weighted by molar-refractivity contribution is 7.99. The zero-order valence-corrected chi connectivity index (χ0v) is 12.3. The van der Waals surface area contributed by atoms with Gasteiger partial charge in [-0.3, -0.25) is 10.1 Å². The van der Waals surface area contributed by atoms with Crippen molar-refractivity contribution in [3.05, 3.63) is 63.8 Å². The Morgan fingerprint density at radius 3 is 2.74 bits per heavy atom. The highest BCUT2D eigenvalue weighted by atomic mass is 32.2. The normalized spacial score (nSPS) is 10.6. The topological polar surface area (TPSA) is 82.3 Å². The predicted octanol–water partition coefficient (Wildman–Crippen LogP) is 3.66. The van der Waals surface area contributed by atoms with Crippen LogP contribution in [0.1, 0.15) is 15.9 Å². The van der Waals surface area contributed by atoms with Gasteiger partial charge in [0.05, 0.1) is 16.1 Å². The maximum absolute atomic E-state index is 12.5. The lowest BCUT2D eigenvalue weighted by Crippen LogP contribution is -2.09. The van der Waals surface area contributed by atoms with E-state index in [-0.39, 0.29) is 40.2 Å². The summed E-state index contributed by atoms with van der Waals surface area (Å²) in [5.41, 5.74) is -0.0946. The number of ether oxygens (including phenoxy) is 1. The zero-order valence-electron chi connectivity index (χ0n) is 11.5. The molecule has 0 amide bonds. The molecule has 6 nitrogen and oxygen atoms in total. The van der Waals surface area contributed by atoms with Crippen molar-refractivity contribution in [3.8, 4) is 0 Å². The fourth-order valence-corrected chi connectivity index (χ4v) is 2.33. The molecule has 0 unspecified atom stereocenters. The zero-order chi connectivity index (χ0) is 16.8. The van der Waals surface area contributed by atoms with Gasteiger partial charge in [0.2, 0.25) is 0 Å². The highest BCUT2D eigenvalue weighted by Gasteiger charge is 2.19. The Morgan fingerprint density at radius 2 is 2.04 bits per heavy atom. The number of carbonyl (C=O) groups is 1. The number of halogens is 2.